The SMILES string of the molecule is COC(=O)[C@@H]1CCCN1c1ccnc(N[C@@H](C)c2ccccc2)n1. The summed E-state index contributed by atoms with van der Waals surface area (Å²) in [6.07, 6.45) is 3.46. The fourth-order valence-electron chi connectivity index (χ4n) is 3.02. The van der Waals surface area contributed by atoms with Gasteiger partial charge in [0.2, 0.25) is 5.95 Å². The third-order valence-corrected chi connectivity index (χ3v) is 4.31. The van der Waals surface area contributed by atoms with Crippen LogP contribution in [0.3, 0.4) is 0 Å². The Morgan fingerprint density at radius 1 is 1.33 bits per heavy atom. The van der Waals surface area contributed by atoms with Gasteiger partial charge in [-0.2, -0.15) is 4.98 Å². The predicted octanol–water partition coefficient (Wildman–Crippen LogP) is 2.79. The molecule has 6 nitrogen and oxygen atoms in total. The number of rotatable bonds is 5. The monoisotopic (exact) mass is 326 g/mol. The summed E-state index contributed by atoms with van der Waals surface area (Å²) in [6, 6.07) is 11.8. The quantitative estimate of drug-likeness (QED) is 0.852. The minimum absolute atomic E-state index is 0.0939. The maximum Gasteiger partial charge on any atom is 0.328 e. The number of aromatic nitrogens is 2. The van der Waals surface area contributed by atoms with Gasteiger partial charge >= 0.3 is 5.97 Å². The molecule has 2 aromatic rings. The molecule has 0 unspecified atom stereocenters. The number of nitrogens with zero attached hydrogens (tertiary/aromatic N) is 3. The summed E-state index contributed by atoms with van der Waals surface area (Å²) in [6.45, 7) is 2.86. The summed E-state index contributed by atoms with van der Waals surface area (Å²) < 4.78 is 4.90. The summed E-state index contributed by atoms with van der Waals surface area (Å²) >= 11 is 0. The predicted molar refractivity (Wildman–Crippen MR) is 92.9 cm³/mol. The van der Waals surface area contributed by atoms with Crippen molar-refractivity contribution >= 4 is 17.7 Å². The smallest absolute Gasteiger partial charge is 0.328 e. The van der Waals surface area contributed by atoms with Crippen molar-refractivity contribution in [3.05, 3.63) is 48.2 Å². The molecule has 0 amide bonds. The standard InChI is InChI=1S/C18H22N4O2/c1-13(14-7-4-3-5-8-14)20-18-19-11-10-16(21-18)22-12-6-9-15(22)17(23)24-2/h3-5,7-8,10-11,13,15H,6,9,12H2,1-2H3,(H,19,20,21)/t13-,15-/m0/s1. The van der Waals surface area contributed by atoms with Crippen molar-refractivity contribution in [2.45, 2.75) is 31.8 Å². The number of anilines is 2. The summed E-state index contributed by atoms with van der Waals surface area (Å²) in [5, 5.41) is 3.32. The maximum absolute atomic E-state index is 11.9. The summed E-state index contributed by atoms with van der Waals surface area (Å²) in [7, 11) is 1.42. The van der Waals surface area contributed by atoms with Gasteiger partial charge in [0.05, 0.1) is 13.2 Å². The zero-order chi connectivity index (χ0) is 16.9. The van der Waals surface area contributed by atoms with Gasteiger partial charge in [-0.25, -0.2) is 9.78 Å². The van der Waals surface area contributed by atoms with E-state index in [-0.39, 0.29) is 18.1 Å². The van der Waals surface area contributed by atoms with Crippen LogP contribution in [0.5, 0.6) is 0 Å². The van der Waals surface area contributed by atoms with Gasteiger partial charge < -0.3 is 15.0 Å². The highest BCUT2D eigenvalue weighted by molar-refractivity contribution is 5.80. The van der Waals surface area contributed by atoms with Gasteiger partial charge in [-0.15, -0.1) is 0 Å². The molecule has 6 heteroatoms. The number of carbonyl (C=O) groups is 1. The van der Waals surface area contributed by atoms with Crippen LogP contribution in [0, 0.1) is 0 Å². The first-order valence-electron chi connectivity index (χ1n) is 8.18. The molecule has 2 heterocycles. The molecule has 0 spiro atoms. The van der Waals surface area contributed by atoms with Crippen molar-refractivity contribution < 1.29 is 9.53 Å². The van der Waals surface area contributed by atoms with Crippen molar-refractivity contribution in [1.29, 1.82) is 0 Å². The van der Waals surface area contributed by atoms with Crippen molar-refractivity contribution in [3.63, 3.8) is 0 Å². The first-order valence-corrected chi connectivity index (χ1v) is 8.18. The van der Waals surface area contributed by atoms with Gasteiger partial charge in [-0.3, -0.25) is 0 Å². The van der Waals surface area contributed by atoms with E-state index in [1.807, 2.05) is 29.2 Å². The zero-order valence-corrected chi connectivity index (χ0v) is 14.0. The van der Waals surface area contributed by atoms with Crippen LogP contribution in [-0.2, 0) is 9.53 Å². The molecule has 1 aromatic heterocycles. The van der Waals surface area contributed by atoms with E-state index < -0.39 is 0 Å². The highest BCUT2D eigenvalue weighted by Gasteiger charge is 2.32. The molecule has 0 radical (unpaired) electrons. The second-order valence-electron chi connectivity index (χ2n) is 5.89. The molecule has 1 aliphatic heterocycles. The number of benzene rings is 1. The average molecular weight is 326 g/mol. The van der Waals surface area contributed by atoms with E-state index in [9.17, 15) is 4.79 Å². The third-order valence-electron chi connectivity index (χ3n) is 4.31. The van der Waals surface area contributed by atoms with Gasteiger partial charge in [0.25, 0.3) is 0 Å². The summed E-state index contributed by atoms with van der Waals surface area (Å²) in [5.41, 5.74) is 1.17. The molecule has 3 rings (SSSR count). The van der Waals surface area contributed by atoms with Crippen molar-refractivity contribution in [3.8, 4) is 0 Å². The van der Waals surface area contributed by atoms with E-state index in [1.165, 1.54) is 12.7 Å². The number of hydrogen-bond acceptors (Lipinski definition) is 6. The van der Waals surface area contributed by atoms with Crippen molar-refractivity contribution in [2.75, 3.05) is 23.9 Å². The Labute approximate surface area is 141 Å². The van der Waals surface area contributed by atoms with Gasteiger partial charge in [0.1, 0.15) is 11.9 Å². The van der Waals surface area contributed by atoms with Crippen LogP contribution in [0.2, 0.25) is 0 Å². The Morgan fingerprint density at radius 2 is 2.12 bits per heavy atom. The molecule has 1 N–H and O–H groups in total. The molecule has 1 fully saturated rings. The molecular weight excluding hydrogens is 304 g/mol. The first-order chi connectivity index (χ1) is 11.7. The Hall–Kier alpha value is -2.63. The Morgan fingerprint density at radius 3 is 2.88 bits per heavy atom. The topological polar surface area (TPSA) is 67.3 Å². The number of esters is 1. The fourth-order valence-corrected chi connectivity index (χ4v) is 3.02. The molecule has 126 valence electrons. The van der Waals surface area contributed by atoms with Crippen LogP contribution in [0.1, 0.15) is 31.4 Å². The van der Waals surface area contributed by atoms with Gasteiger partial charge in [-0.1, -0.05) is 30.3 Å². The number of carbonyl (C=O) groups excluding carboxylic acids is 1. The Bertz CT molecular complexity index is 692. The molecule has 0 bridgehead atoms. The highest BCUT2D eigenvalue weighted by atomic mass is 16.5. The third kappa shape index (κ3) is 3.48. The number of hydrogen-bond donors (Lipinski definition) is 1. The molecule has 0 aliphatic carbocycles. The van der Waals surface area contributed by atoms with E-state index in [4.69, 9.17) is 4.74 Å². The van der Waals surface area contributed by atoms with E-state index in [0.29, 0.717) is 5.95 Å². The minimum atomic E-state index is -0.260. The average Bonchev–Trinajstić information content (AvgIpc) is 3.12. The number of methoxy groups -OCH3 is 1. The molecule has 1 saturated heterocycles. The van der Waals surface area contributed by atoms with Crippen LogP contribution in [-0.4, -0.2) is 35.6 Å². The van der Waals surface area contributed by atoms with Crippen molar-refractivity contribution in [1.82, 2.24) is 9.97 Å². The molecule has 0 saturated carbocycles. The minimum Gasteiger partial charge on any atom is -0.467 e. The molecule has 24 heavy (non-hydrogen) atoms. The Kier molecular flexibility index (Phi) is 4.93. The van der Waals surface area contributed by atoms with Gasteiger partial charge in [0, 0.05) is 12.7 Å². The van der Waals surface area contributed by atoms with E-state index >= 15 is 0 Å². The van der Waals surface area contributed by atoms with Gasteiger partial charge in [0.15, 0.2) is 0 Å². The lowest BCUT2D eigenvalue weighted by Gasteiger charge is -2.24. The summed E-state index contributed by atoms with van der Waals surface area (Å²) in [4.78, 5) is 22.8. The van der Waals surface area contributed by atoms with Crippen LogP contribution >= 0.6 is 0 Å². The number of ether oxygens (including phenoxy) is 1. The fraction of sp³-hybridized carbons (Fsp3) is 0.389. The van der Waals surface area contributed by atoms with Crippen LogP contribution in [0.4, 0.5) is 11.8 Å². The first kappa shape index (κ1) is 16.2. The number of nitrogens with one attached hydrogen (secondary N) is 1. The molecule has 2 atom stereocenters. The van der Waals surface area contributed by atoms with Crippen LogP contribution < -0.4 is 10.2 Å². The second kappa shape index (κ2) is 7.29. The van der Waals surface area contributed by atoms with E-state index in [1.54, 1.807) is 6.20 Å². The lowest BCUT2D eigenvalue weighted by Crippen LogP contribution is -2.37. The van der Waals surface area contributed by atoms with Gasteiger partial charge in [-0.05, 0) is 31.4 Å². The normalized spacial score (nSPS) is 18.2. The van der Waals surface area contributed by atoms with Crippen molar-refractivity contribution in [2.24, 2.45) is 0 Å². The largest absolute Gasteiger partial charge is 0.467 e. The molecular formula is C18H22N4O2. The lowest BCUT2D eigenvalue weighted by atomic mass is 10.1. The second-order valence-corrected chi connectivity index (χ2v) is 5.89. The van der Waals surface area contributed by atoms with E-state index in [0.717, 1.165) is 25.2 Å². The highest BCUT2D eigenvalue weighted by Crippen LogP contribution is 2.25. The van der Waals surface area contributed by atoms with Crippen LogP contribution in [0.25, 0.3) is 0 Å². The summed E-state index contributed by atoms with van der Waals surface area (Å²) in [5.74, 6) is 1.10. The molecule has 1 aliphatic rings. The Balaban J connectivity index is 1.76. The van der Waals surface area contributed by atoms with Crippen LogP contribution in [0.15, 0.2) is 42.6 Å². The zero-order valence-electron chi connectivity index (χ0n) is 14.0. The maximum atomic E-state index is 11.9. The lowest BCUT2D eigenvalue weighted by molar-refractivity contribution is -0.141. The molecule has 1 aromatic carbocycles. The van der Waals surface area contributed by atoms with E-state index in [2.05, 4.69) is 34.3 Å².